The van der Waals surface area contributed by atoms with Gasteiger partial charge in [0.2, 0.25) is 5.91 Å². The molecule has 0 saturated carbocycles. The van der Waals surface area contributed by atoms with E-state index in [2.05, 4.69) is 5.32 Å². The molecule has 18 heavy (non-hydrogen) atoms. The number of hydrogen-bond acceptors (Lipinski definition) is 4. The molecule has 4 nitrogen and oxygen atoms in total. The summed E-state index contributed by atoms with van der Waals surface area (Å²) in [6.45, 7) is 0.483. The van der Waals surface area contributed by atoms with Gasteiger partial charge in [0.25, 0.3) is 0 Å². The second-order valence-corrected chi connectivity index (χ2v) is 5.01. The van der Waals surface area contributed by atoms with Crippen molar-refractivity contribution in [3.63, 3.8) is 0 Å². The van der Waals surface area contributed by atoms with Crippen LogP contribution in [0.3, 0.4) is 0 Å². The van der Waals surface area contributed by atoms with Crippen LogP contribution in [0.4, 0.5) is 0 Å². The Bertz CT molecular complexity index is 458. The van der Waals surface area contributed by atoms with Gasteiger partial charge in [-0.05, 0) is 24.0 Å². The SMILES string of the molecule is COC(=O)[C@@H]1C(=O)NCC1c1ccc(SC)cc1. The van der Waals surface area contributed by atoms with E-state index in [0.717, 1.165) is 10.5 Å². The molecule has 1 fully saturated rings. The summed E-state index contributed by atoms with van der Waals surface area (Å²) in [5.41, 5.74) is 0.988. The van der Waals surface area contributed by atoms with Crippen molar-refractivity contribution < 1.29 is 14.3 Å². The zero-order valence-corrected chi connectivity index (χ0v) is 11.1. The molecule has 1 aliphatic heterocycles. The highest BCUT2D eigenvalue weighted by molar-refractivity contribution is 7.98. The summed E-state index contributed by atoms with van der Waals surface area (Å²) in [7, 11) is 1.31. The van der Waals surface area contributed by atoms with Gasteiger partial charge in [-0.25, -0.2) is 0 Å². The third-order valence-corrected chi connectivity index (χ3v) is 3.92. The number of carbonyl (C=O) groups is 2. The van der Waals surface area contributed by atoms with E-state index in [4.69, 9.17) is 4.74 Å². The quantitative estimate of drug-likeness (QED) is 0.510. The second-order valence-electron chi connectivity index (χ2n) is 4.13. The highest BCUT2D eigenvalue weighted by Gasteiger charge is 2.41. The second kappa shape index (κ2) is 5.44. The first-order chi connectivity index (χ1) is 8.67. The smallest absolute Gasteiger partial charge is 0.318 e. The third kappa shape index (κ3) is 2.36. The van der Waals surface area contributed by atoms with Crippen molar-refractivity contribution in [3.8, 4) is 0 Å². The van der Waals surface area contributed by atoms with E-state index in [1.165, 1.54) is 7.11 Å². The molecule has 0 aromatic heterocycles. The first-order valence-corrected chi connectivity index (χ1v) is 6.89. The van der Waals surface area contributed by atoms with Crippen LogP contribution in [-0.4, -0.2) is 31.8 Å². The van der Waals surface area contributed by atoms with E-state index in [-0.39, 0.29) is 11.8 Å². The molecule has 1 saturated heterocycles. The van der Waals surface area contributed by atoms with Crippen LogP contribution in [0.25, 0.3) is 0 Å². The molecule has 2 rings (SSSR count). The Kier molecular flexibility index (Phi) is 3.91. The molecule has 1 N–H and O–H groups in total. The Balaban J connectivity index is 2.25. The fourth-order valence-corrected chi connectivity index (χ4v) is 2.59. The number of ether oxygens (including phenoxy) is 1. The molecule has 1 unspecified atom stereocenters. The van der Waals surface area contributed by atoms with Gasteiger partial charge in [-0.15, -0.1) is 11.8 Å². The Morgan fingerprint density at radius 1 is 1.39 bits per heavy atom. The predicted octanol–water partition coefficient (Wildman–Crippen LogP) is 1.41. The topological polar surface area (TPSA) is 55.4 Å². The highest BCUT2D eigenvalue weighted by atomic mass is 32.2. The molecule has 1 aromatic carbocycles. The normalized spacial score (nSPS) is 22.7. The minimum atomic E-state index is -0.727. The minimum Gasteiger partial charge on any atom is -0.468 e. The van der Waals surface area contributed by atoms with Crippen LogP contribution >= 0.6 is 11.8 Å². The summed E-state index contributed by atoms with van der Waals surface area (Å²) < 4.78 is 4.70. The van der Waals surface area contributed by atoms with Crippen molar-refractivity contribution in [2.24, 2.45) is 5.92 Å². The number of hydrogen-bond donors (Lipinski definition) is 1. The summed E-state index contributed by atoms with van der Waals surface area (Å²) in [5.74, 6) is -1.58. The number of methoxy groups -OCH3 is 1. The van der Waals surface area contributed by atoms with Gasteiger partial charge in [0.1, 0.15) is 5.92 Å². The van der Waals surface area contributed by atoms with Gasteiger partial charge in [-0.2, -0.15) is 0 Å². The van der Waals surface area contributed by atoms with Gasteiger partial charge in [-0.3, -0.25) is 9.59 Å². The molecule has 1 heterocycles. The van der Waals surface area contributed by atoms with Crippen LogP contribution in [0.2, 0.25) is 0 Å². The Morgan fingerprint density at radius 3 is 2.61 bits per heavy atom. The molecule has 0 radical (unpaired) electrons. The van der Waals surface area contributed by atoms with Gasteiger partial charge in [-0.1, -0.05) is 12.1 Å². The Morgan fingerprint density at radius 2 is 2.06 bits per heavy atom. The molecular weight excluding hydrogens is 250 g/mol. The minimum absolute atomic E-state index is 0.138. The monoisotopic (exact) mass is 265 g/mol. The van der Waals surface area contributed by atoms with E-state index in [1.807, 2.05) is 30.5 Å². The number of benzene rings is 1. The Labute approximate surface area is 110 Å². The molecule has 0 aliphatic carbocycles. The zero-order valence-electron chi connectivity index (χ0n) is 10.3. The fourth-order valence-electron chi connectivity index (χ4n) is 2.18. The van der Waals surface area contributed by atoms with Crippen molar-refractivity contribution in [1.29, 1.82) is 0 Å². The number of amides is 1. The number of carbonyl (C=O) groups excluding carboxylic acids is 2. The van der Waals surface area contributed by atoms with E-state index < -0.39 is 11.9 Å². The lowest BCUT2D eigenvalue weighted by Crippen LogP contribution is -2.28. The van der Waals surface area contributed by atoms with E-state index >= 15 is 0 Å². The van der Waals surface area contributed by atoms with Gasteiger partial charge < -0.3 is 10.1 Å². The van der Waals surface area contributed by atoms with Crippen LogP contribution in [0.5, 0.6) is 0 Å². The molecule has 96 valence electrons. The Hall–Kier alpha value is -1.49. The number of esters is 1. The molecule has 5 heteroatoms. The van der Waals surface area contributed by atoms with Gasteiger partial charge in [0.05, 0.1) is 7.11 Å². The molecular formula is C13H15NO3S. The average molecular weight is 265 g/mol. The van der Waals surface area contributed by atoms with Crippen LogP contribution < -0.4 is 5.32 Å². The lowest BCUT2D eigenvalue weighted by molar-refractivity contribution is -0.149. The zero-order chi connectivity index (χ0) is 13.1. The summed E-state index contributed by atoms with van der Waals surface area (Å²) >= 11 is 1.66. The number of rotatable bonds is 3. The summed E-state index contributed by atoms with van der Waals surface area (Å²) in [4.78, 5) is 24.5. The van der Waals surface area contributed by atoms with Gasteiger partial charge in [0.15, 0.2) is 0 Å². The van der Waals surface area contributed by atoms with Crippen molar-refractivity contribution >= 4 is 23.6 Å². The lowest BCUT2D eigenvalue weighted by Gasteiger charge is -2.15. The van der Waals surface area contributed by atoms with E-state index in [1.54, 1.807) is 11.8 Å². The van der Waals surface area contributed by atoms with Gasteiger partial charge >= 0.3 is 5.97 Å². The summed E-state index contributed by atoms with van der Waals surface area (Å²) in [6.07, 6.45) is 2.01. The van der Waals surface area contributed by atoms with Crippen LogP contribution in [-0.2, 0) is 14.3 Å². The van der Waals surface area contributed by atoms with E-state index in [0.29, 0.717) is 6.54 Å². The summed E-state index contributed by atoms with van der Waals surface area (Å²) in [5, 5.41) is 2.72. The first kappa shape index (κ1) is 13.0. The molecule has 0 bridgehead atoms. The maximum atomic E-state index is 11.7. The van der Waals surface area contributed by atoms with Crippen LogP contribution in [0, 0.1) is 5.92 Å². The number of nitrogens with one attached hydrogen (secondary N) is 1. The maximum absolute atomic E-state index is 11.7. The van der Waals surface area contributed by atoms with Crippen LogP contribution in [0.1, 0.15) is 11.5 Å². The van der Waals surface area contributed by atoms with Crippen molar-refractivity contribution in [3.05, 3.63) is 29.8 Å². The molecule has 2 atom stereocenters. The van der Waals surface area contributed by atoms with E-state index in [9.17, 15) is 9.59 Å². The molecule has 1 aromatic rings. The van der Waals surface area contributed by atoms with Gasteiger partial charge in [0, 0.05) is 17.4 Å². The number of thioether (sulfide) groups is 1. The standard InChI is InChI=1S/C13H15NO3S/c1-17-13(16)11-10(7-14-12(11)15)8-3-5-9(18-2)6-4-8/h3-6,10-11H,7H2,1-2H3,(H,14,15)/t10?,11-/m0/s1. The third-order valence-electron chi connectivity index (χ3n) is 3.18. The van der Waals surface area contributed by atoms with Crippen molar-refractivity contribution in [2.45, 2.75) is 10.8 Å². The predicted molar refractivity (Wildman–Crippen MR) is 69.5 cm³/mol. The van der Waals surface area contributed by atoms with Crippen molar-refractivity contribution in [2.75, 3.05) is 19.9 Å². The first-order valence-electron chi connectivity index (χ1n) is 5.67. The molecule has 1 aliphatic rings. The molecule has 0 spiro atoms. The highest BCUT2D eigenvalue weighted by Crippen LogP contribution is 2.30. The summed E-state index contributed by atoms with van der Waals surface area (Å²) in [6, 6.07) is 7.92. The maximum Gasteiger partial charge on any atom is 0.318 e. The average Bonchev–Trinajstić information content (AvgIpc) is 2.80. The van der Waals surface area contributed by atoms with Crippen molar-refractivity contribution in [1.82, 2.24) is 5.32 Å². The fraction of sp³-hybridized carbons (Fsp3) is 0.385. The van der Waals surface area contributed by atoms with Crippen LogP contribution in [0.15, 0.2) is 29.2 Å². The molecule has 1 amide bonds. The largest absolute Gasteiger partial charge is 0.468 e. The lowest BCUT2D eigenvalue weighted by atomic mass is 9.89.